The quantitative estimate of drug-likeness (QED) is 0.798. The monoisotopic (exact) mass is 382 g/mol. The highest BCUT2D eigenvalue weighted by atomic mass is 16.5. The number of likely N-dealkylation sites (tertiary alicyclic amines) is 2. The van der Waals surface area contributed by atoms with E-state index in [-0.39, 0.29) is 5.91 Å². The highest BCUT2D eigenvalue weighted by molar-refractivity contribution is 5.74. The summed E-state index contributed by atoms with van der Waals surface area (Å²) in [6, 6.07) is 8.73. The van der Waals surface area contributed by atoms with E-state index < -0.39 is 0 Å². The van der Waals surface area contributed by atoms with Crippen LogP contribution in [0.15, 0.2) is 36.7 Å². The summed E-state index contributed by atoms with van der Waals surface area (Å²) in [4.78, 5) is 16.9. The average Bonchev–Trinajstić information content (AvgIpc) is 3.32. The summed E-state index contributed by atoms with van der Waals surface area (Å²) in [7, 11) is 1.69. The van der Waals surface area contributed by atoms with E-state index in [1.165, 1.54) is 11.1 Å². The third-order valence-electron chi connectivity index (χ3n) is 6.38. The standard InChI is InChI=1S/C22H30N4O2/c1-4-25-13-17(11-23-25)12-24-10-9-22-21(14-24)20(15-26(22)16(2)27)18-5-7-19(28-3)8-6-18/h5-8,11,13,20-22H,4,9-10,12,14-15H2,1-3H3/t20-,21-,22-/m1/s1. The van der Waals surface area contributed by atoms with E-state index in [1.54, 1.807) is 14.0 Å². The van der Waals surface area contributed by atoms with Crippen LogP contribution in [0.3, 0.4) is 0 Å². The number of ether oxygens (including phenoxy) is 1. The van der Waals surface area contributed by atoms with E-state index in [1.807, 2.05) is 23.0 Å². The number of aryl methyl sites for hydroxylation is 1. The van der Waals surface area contributed by atoms with Gasteiger partial charge in [-0.3, -0.25) is 14.4 Å². The van der Waals surface area contributed by atoms with Crippen LogP contribution in [0.5, 0.6) is 5.75 Å². The van der Waals surface area contributed by atoms with Crippen LogP contribution in [-0.2, 0) is 17.9 Å². The number of nitrogens with zero attached hydrogens (tertiary/aromatic N) is 4. The third kappa shape index (κ3) is 3.65. The minimum Gasteiger partial charge on any atom is -0.497 e. The maximum Gasteiger partial charge on any atom is 0.219 e. The minimum atomic E-state index is 0.198. The zero-order valence-corrected chi connectivity index (χ0v) is 17.0. The molecule has 1 aromatic carbocycles. The molecule has 2 aliphatic heterocycles. The van der Waals surface area contributed by atoms with Gasteiger partial charge in [-0.1, -0.05) is 12.1 Å². The summed E-state index contributed by atoms with van der Waals surface area (Å²) in [5, 5.41) is 4.41. The van der Waals surface area contributed by atoms with Crippen molar-refractivity contribution >= 4 is 5.91 Å². The van der Waals surface area contributed by atoms with Crippen LogP contribution >= 0.6 is 0 Å². The van der Waals surface area contributed by atoms with Crippen molar-refractivity contribution < 1.29 is 9.53 Å². The van der Waals surface area contributed by atoms with Gasteiger partial charge >= 0.3 is 0 Å². The second-order valence-corrected chi connectivity index (χ2v) is 8.01. The Labute approximate surface area is 167 Å². The first-order valence-corrected chi connectivity index (χ1v) is 10.2. The fourth-order valence-electron chi connectivity index (χ4n) is 4.93. The highest BCUT2D eigenvalue weighted by Crippen LogP contribution is 2.42. The molecule has 2 aromatic rings. The van der Waals surface area contributed by atoms with Crippen LogP contribution in [0.2, 0.25) is 0 Å². The molecule has 28 heavy (non-hydrogen) atoms. The second kappa shape index (κ2) is 7.95. The van der Waals surface area contributed by atoms with Gasteiger partial charge < -0.3 is 9.64 Å². The third-order valence-corrected chi connectivity index (χ3v) is 6.38. The molecular weight excluding hydrogens is 352 g/mol. The van der Waals surface area contributed by atoms with Crippen LogP contribution in [0.4, 0.5) is 0 Å². The summed E-state index contributed by atoms with van der Waals surface area (Å²) in [6.07, 6.45) is 5.16. The number of carbonyl (C=O) groups excluding carboxylic acids is 1. The molecule has 0 aliphatic carbocycles. The van der Waals surface area contributed by atoms with E-state index in [2.05, 4.69) is 40.2 Å². The molecule has 1 amide bonds. The van der Waals surface area contributed by atoms with Gasteiger partial charge in [0.05, 0.1) is 13.3 Å². The zero-order chi connectivity index (χ0) is 19.7. The molecule has 0 spiro atoms. The maximum absolute atomic E-state index is 12.3. The van der Waals surface area contributed by atoms with Gasteiger partial charge in [0.15, 0.2) is 0 Å². The number of carbonyl (C=O) groups is 1. The van der Waals surface area contributed by atoms with E-state index in [9.17, 15) is 4.79 Å². The number of aromatic nitrogens is 2. The number of amides is 1. The number of fused-ring (bicyclic) bond motifs is 1. The summed E-state index contributed by atoms with van der Waals surface area (Å²) >= 11 is 0. The van der Waals surface area contributed by atoms with Gasteiger partial charge in [-0.05, 0) is 31.0 Å². The lowest BCUT2D eigenvalue weighted by Crippen LogP contribution is -2.47. The largest absolute Gasteiger partial charge is 0.497 e. The molecule has 1 aromatic heterocycles. The number of rotatable bonds is 5. The first-order chi connectivity index (χ1) is 13.6. The Bertz CT molecular complexity index is 816. The molecule has 0 radical (unpaired) electrons. The molecule has 2 saturated heterocycles. The molecular formula is C22H30N4O2. The molecule has 150 valence electrons. The van der Waals surface area contributed by atoms with Crippen LogP contribution in [-0.4, -0.2) is 58.3 Å². The first-order valence-electron chi connectivity index (χ1n) is 10.2. The molecule has 0 unspecified atom stereocenters. The molecule has 6 heteroatoms. The summed E-state index contributed by atoms with van der Waals surface area (Å²) < 4.78 is 7.29. The highest BCUT2D eigenvalue weighted by Gasteiger charge is 2.46. The van der Waals surface area contributed by atoms with Crippen molar-refractivity contribution in [1.82, 2.24) is 19.6 Å². The van der Waals surface area contributed by atoms with Crippen molar-refractivity contribution in [3.05, 3.63) is 47.8 Å². The lowest BCUT2D eigenvalue weighted by molar-refractivity contribution is -0.130. The summed E-state index contributed by atoms with van der Waals surface area (Å²) in [6.45, 7) is 8.50. The summed E-state index contributed by atoms with van der Waals surface area (Å²) in [5.74, 6) is 1.91. The molecule has 3 atom stereocenters. The first kappa shape index (κ1) is 19.0. The molecule has 0 saturated carbocycles. The Hall–Kier alpha value is -2.34. The van der Waals surface area contributed by atoms with Crippen LogP contribution in [0, 0.1) is 5.92 Å². The Morgan fingerprint density at radius 1 is 1.25 bits per heavy atom. The fourth-order valence-corrected chi connectivity index (χ4v) is 4.93. The average molecular weight is 383 g/mol. The van der Waals surface area contributed by atoms with Gasteiger partial charge in [0.2, 0.25) is 5.91 Å². The van der Waals surface area contributed by atoms with Crippen molar-refractivity contribution in [1.29, 1.82) is 0 Å². The van der Waals surface area contributed by atoms with Crippen LogP contribution in [0.25, 0.3) is 0 Å². The SMILES string of the molecule is CCn1cc(CN2CC[C@@H]3[C@H](C2)[C@@H](c2ccc(OC)cc2)CN3C(C)=O)cn1. The van der Waals surface area contributed by atoms with E-state index in [0.29, 0.717) is 17.9 Å². The van der Waals surface area contributed by atoms with E-state index in [4.69, 9.17) is 4.74 Å². The van der Waals surface area contributed by atoms with Gasteiger partial charge in [0.1, 0.15) is 5.75 Å². The topological polar surface area (TPSA) is 50.6 Å². The Morgan fingerprint density at radius 2 is 2.04 bits per heavy atom. The molecule has 0 N–H and O–H groups in total. The van der Waals surface area contributed by atoms with Crippen LogP contribution in [0.1, 0.15) is 37.3 Å². The van der Waals surface area contributed by atoms with Crippen molar-refractivity contribution in [2.24, 2.45) is 5.92 Å². The Kier molecular flexibility index (Phi) is 5.40. The molecule has 4 rings (SSSR count). The number of hydrogen-bond acceptors (Lipinski definition) is 4. The lowest BCUT2D eigenvalue weighted by atomic mass is 9.81. The fraction of sp³-hybridized carbons (Fsp3) is 0.545. The van der Waals surface area contributed by atoms with Gasteiger partial charge in [0, 0.05) is 69.3 Å². The smallest absolute Gasteiger partial charge is 0.219 e. The second-order valence-electron chi connectivity index (χ2n) is 8.01. The molecule has 2 fully saturated rings. The van der Waals surface area contributed by atoms with E-state index >= 15 is 0 Å². The molecule has 2 aliphatic rings. The number of benzene rings is 1. The number of hydrogen-bond donors (Lipinski definition) is 0. The predicted molar refractivity (Wildman–Crippen MR) is 108 cm³/mol. The number of methoxy groups -OCH3 is 1. The predicted octanol–water partition coefficient (Wildman–Crippen LogP) is 2.75. The van der Waals surface area contributed by atoms with Gasteiger partial charge in [-0.15, -0.1) is 0 Å². The maximum atomic E-state index is 12.3. The van der Waals surface area contributed by atoms with Crippen LogP contribution < -0.4 is 4.74 Å². The molecule has 6 nitrogen and oxygen atoms in total. The van der Waals surface area contributed by atoms with Crippen molar-refractivity contribution in [2.75, 3.05) is 26.7 Å². The minimum absolute atomic E-state index is 0.198. The number of piperidine rings is 1. The Balaban J connectivity index is 1.53. The summed E-state index contributed by atoms with van der Waals surface area (Å²) in [5.41, 5.74) is 2.57. The van der Waals surface area contributed by atoms with Crippen molar-refractivity contribution in [3.8, 4) is 5.75 Å². The molecule has 3 heterocycles. The van der Waals surface area contributed by atoms with Gasteiger partial charge in [-0.25, -0.2) is 0 Å². The van der Waals surface area contributed by atoms with Gasteiger partial charge in [-0.2, -0.15) is 5.10 Å². The van der Waals surface area contributed by atoms with Crippen molar-refractivity contribution in [3.63, 3.8) is 0 Å². The normalized spacial score (nSPS) is 25.0. The Morgan fingerprint density at radius 3 is 2.68 bits per heavy atom. The lowest BCUT2D eigenvalue weighted by Gasteiger charge is -2.38. The van der Waals surface area contributed by atoms with E-state index in [0.717, 1.165) is 44.9 Å². The van der Waals surface area contributed by atoms with Gasteiger partial charge in [0.25, 0.3) is 0 Å². The zero-order valence-electron chi connectivity index (χ0n) is 17.0. The van der Waals surface area contributed by atoms with Crippen molar-refractivity contribution in [2.45, 2.75) is 45.3 Å². The molecule has 0 bridgehead atoms.